The van der Waals surface area contributed by atoms with Gasteiger partial charge < -0.3 is 10.2 Å². The summed E-state index contributed by atoms with van der Waals surface area (Å²) in [5.74, 6) is -0.744. The lowest BCUT2D eigenvalue weighted by atomic mass is 10.1. The van der Waals surface area contributed by atoms with E-state index in [-0.39, 0.29) is 17.3 Å². The van der Waals surface area contributed by atoms with Crippen LogP contribution in [0.3, 0.4) is 0 Å². The molecule has 7 nitrogen and oxygen atoms in total. The molecule has 0 heterocycles. The normalized spacial score (nSPS) is 12.5. The molecule has 0 saturated carbocycles. The molecule has 0 unspecified atom stereocenters. The van der Waals surface area contributed by atoms with Gasteiger partial charge in [0.1, 0.15) is 6.04 Å². The Hall–Kier alpha value is -2.75. The molecule has 3 aromatic rings. The number of nitrogens with zero attached hydrogens (tertiary/aromatic N) is 2. The first-order valence-electron chi connectivity index (χ1n) is 11.4. The Morgan fingerprint density at radius 2 is 1.71 bits per heavy atom. The first-order valence-corrected chi connectivity index (χ1v) is 13.6. The monoisotopic (exact) mass is 559 g/mol. The third kappa shape index (κ3) is 6.68. The summed E-state index contributed by atoms with van der Waals surface area (Å²) in [6.07, 6.45) is 0.769. The number of halogens is 1. The SMILES string of the molecule is CCCNC(=O)[C@@H](C)N(Cc1cccc(Br)c1)C(=O)CN(C)S(=O)(=O)c1ccc2ccccc2c1. The predicted octanol–water partition coefficient (Wildman–Crippen LogP) is 4.17. The molecule has 35 heavy (non-hydrogen) atoms. The van der Waals surface area contributed by atoms with Crippen LogP contribution in [0.2, 0.25) is 0 Å². The van der Waals surface area contributed by atoms with Gasteiger partial charge in [-0.1, -0.05) is 65.3 Å². The van der Waals surface area contributed by atoms with Crippen LogP contribution in [-0.2, 0) is 26.2 Å². The molecule has 0 aliphatic rings. The summed E-state index contributed by atoms with van der Waals surface area (Å²) in [6.45, 7) is 3.87. The minimum absolute atomic E-state index is 0.110. The lowest BCUT2D eigenvalue weighted by Gasteiger charge is -2.30. The number of amides is 2. The van der Waals surface area contributed by atoms with Crippen molar-refractivity contribution in [2.45, 2.75) is 37.8 Å². The van der Waals surface area contributed by atoms with Gasteiger partial charge in [-0.3, -0.25) is 9.59 Å². The number of carbonyl (C=O) groups excluding carboxylic acids is 2. The number of likely N-dealkylation sites (N-methyl/N-ethyl adjacent to an activating group) is 1. The molecule has 0 aliphatic heterocycles. The van der Waals surface area contributed by atoms with E-state index in [9.17, 15) is 18.0 Å². The maximum absolute atomic E-state index is 13.4. The summed E-state index contributed by atoms with van der Waals surface area (Å²) in [6, 6.07) is 19.0. The van der Waals surface area contributed by atoms with Crippen LogP contribution in [0.4, 0.5) is 0 Å². The van der Waals surface area contributed by atoms with Gasteiger partial charge in [-0.15, -0.1) is 0 Å². The summed E-state index contributed by atoms with van der Waals surface area (Å²) >= 11 is 3.43. The van der Waals surface area contributed by atoms with Gasteiger partial charge in [0.25, 0.3) is 0 Å². The second kappa shape index (κ2) is 11.8. The van der Waals surface area contributed by atoms with E-state index in [2.05, 4.69) is 21.2 Å². The van der Waals surface area contributed by atoms with Crippen LogP contribution in [0.25, 0.3) is 10.8 Å². The second-order valence-electron chi connectivity index (χ2n) is 8.39. The van der Waals surface area contributed by atoms with Crippen LogP contribution in [-0.4, -0.2) is 55.6 Å². The number of nitrogens with one attached hydrogen (secondary N) is 1. The van der Waals surface area contributed by atoms with Crippen molar-refractivity contribution in [3.8, 4) is 0 Å². The number of benzene rings is 3. The third-order valence-electron chi connectivity index (χ3n) is 5.75. The molecule has 9 heteroatoms. The zero-order valence-electron chi connectivity index (χ0n) is 20.1. The van der Waals surface area contributed by atoms with Crippen molar-refractivity contribution in [2.75, 3.05) is 20.1 Å². The summed E-state index contributed by atoms with van der Waals surface area (Å²) in [5, 5.41) is 4.54. The standard InChI is InChI=1S/C26H30BrN3O4S/c1-4-14-28-26(32)19(2)30(17-20-8-7-11-23(27)15-20)25(31)18-29(3)35(33,34)24-13-12-21-9-5-6-10-22(21)16-24/h5-13,15-16,19H,4,14,17-18H2,1-3H3,(H,28,32)/t19-/m1/s1. The highest BCUT2D eigenvalue weighted by atomic mass is 79.9. The minimum atomic E-state index is -3.92. The fourth-order valence-corrected chi connectivity index (χ4v) is 5.29. The molecule has 3 rings (SSSR count). The summed E-state index contributed by atoms with van der Waals surface area (Å²) in [5.41, 5.74) is 0.822. The quantitative estimate of drug-likeness (QED) is 0.404. The van der Waals surface area contributed by atoms with Crippen molar-refractivity contribution >= 4 is 48.5 Å². The molecule has 0 radical (unpaired) electrons. The van der Waals surface area contributed by atoms with E-state index >= 15 is 0 Å². The molecule has 0 aliphatic carbocycles. The van der Waals surface area contributed by atoms with E-state index in [4.69, 9.17) is 0 Å². The molecule has 0 saturated heterocycles. The van der Waals surface area contributed by atoms with Gasteiger partial charge in [0.05, 0.1) is 11.4 Å². The Labute approximate surface area is 215 Å². The van der Waals surface area contributed by atoms with Gasteiger partial charge in [-0.05, 0) is 53.9 Å². The molecule has 0 fully saturated rings. The maximum Gasteiger partial charge on any atom is 0.243 e. The van der Waals surface area contributed by atoms with Crippen molar-refractivity contribution in [1.29, 1.82) is 0 Å². The molecule has 1 atom stereocenters. The van der Waals surface area contributed by atoms with E-state index in [1.54, 1.807) is 25.1 Å². The zero-order chi connectivity index (χ0) is 25.6. The number of fused-ring (bicyclic) bond motifs is 1. The average Bonchev–Trinajstić information content (AvgIpc) is 2.84. The Balaban J connectivity index is 1.84. The maximum atomic E-state index is 13.4. The van der Waals surface area contributed by atoms with Crippen molar-refractivity contribution < 1.29 is 18.0 Å². The van der Waals surface area contributed by atoms with Crippen molar-refractivity contribution in [2.24, 2.45) is 0 Å². The fraction of sp³-hybridized carbons (Fsp3) is 0.308. The van der Waals surface area contributed by atoms with Gasteiger partial charge in [0.2, 0.25) is 21.8 Å². The first kappa shape index (κ1) is 26.8. The number of hydrogen-bond donors (Lipinski definition) is 1. The fourth-order valence-electron chi connectivity index (χ4n) is 3.68. The first-order chi connectivity index (χ1) is 16.6. The van der Waals surface area contributed by atoms with E-state index in [1.165, 1.54) is 11.9 Å². The number of carbonyl (C=O) groups is 2. The van der Waals surface area contributed by atoms with Gasteiger partial charge in [-0.2, -0.15) is 4.31 Å². The largest absolute Gasteiger partial charge is 0.354 e. The Kier molecular flexibility index (Phi) is 9.04. The molecule has 1 N–H and O–H groups in total. The highest BCUT2D eigenvalue weighted by Crippen LogP contribution is 2.22. The van der Waals surface area contributed by atoms with Crippen molar-refractivity contribution in [3.63, 3.8) is 0 Å². The molecule has 0 spiro atoms. The Bertz CT molecular complexity index is 1310. The minimum Gasteiger partial charge on any atom is -0.354 e. The van der Waals surface area contributed by atoms with Crippen LogP contribution in [0.1, 0.15) is 25.8 Å². The van der Waals surface area contributed by atoms with Crippen molar-refractivity contribution in [1.82, 2.24) is 14.5 Å². The Morgan fingerprint density at radius 1 is 1.00 bits per heavy atom. The van der Waals surface area contributed by atoms with Crippen LogP contribution in [0.5, 0.6) is 0 Å². The summed E-state index contributed by atoms with van der Waals surface area (Å²) < 4.78 is 28.4. The third-order valence-corrected chi connectivity index (χ3v) is 8.04. The van der Waals surface area contributed by atoms with Gasteiger partial charge in [0, 0.05) is 24.6 Å². The molecule has 3 aromatic carbocycles. The number of sulfonamides is 1. The van der Waals surface area contributed by atoms with Crippen LogP contribution < -0.4 is 5.32 Å². The van der Waals surface area contributed by atoms with E-state index < -0.39 is 28.5 Å². The molecule has 0 bridgehead atoms. The summed E-state index contributed by atoms with van der Waals surface area (Å²) in [7, 11) is -2.54. The summed E-state index contributed by atoms with van der Waals surface area (Å²) in [4.78, 5) is 27.6. The second-order valence-corrected chi connectivity index (χ2v) is 11.3. The van der Waals surface area contributed by atoms with E-state index in [0.717, 1.165) is 31.5 Å². The van der Waals surface area contributed by atoms with E-state index in [1.807, 2.05) is 55.5 Å². The highest BCUT2D eigenvalue weighted by molar-refractivity contribution is 9.10. The lowest BCUT2D eigenvalue weighted by Crippen LogP contribution is -2.50. The average molecular weight is 561 g/mol. The molecule has 0 aromatic heterocycles. The molecular weight excluding hydrogens is 530 g/mol. The smallest absolute Gasteiger partial charge is 0.243 e. The predicted molar refractivity (Wildman–Crippen MR) is 141 cm³/mol. The van der Waals surface area contributed by atoms with Crippen LogP contribution in [0, 0.1) is 0 Å². The van der Waals surface area contributed by atoms with Gasteiger partial charge in [-0.25, -0.2) is 8.42 Å². The molecular formula is C26H30BrN3O4S. The lowest BCUT2D eigenvalue weighted by molar-refractivity contribution is -0.140. The molecule has 2 amide bonds. The van der Waals surface area contributed by atoms with E-state index in [0.29, 0.717) is 6.54 Å². The van der Waals surface area contributed by atoms with Crippen LogP contribution >= 0.6 is 15.9 Å². The number of hydrogen-bond acceptors (Lipinski definition) is 4. The Morgan fingerprint density at radius 3 is 2.40 bits per heavy atom. The molecule has 186 valence electrons. The highest BCUT2D eigenvalue weighted by Gasteiger charge is 2.30. The number of rotatable bonds is 10. The van der Waals surface area contributed by atoms with Gasteiger partial charge >= 0.3 is 0 Å². The topological polar surface area (TPSA) is 86.8 Å². The van der Waals surface area contributed by atoms with Gasteiger partial charge in [0.15, 0.2) is 0 Å². The zero-order valence-corrected chi connectivity index (χ0v) is 22.5. The van der Waals surface area contributed by atoms with Crippen LogP contribution in [0.15, 0.2) is 76.1 Å². The van der Waals surface area contributed by atoms with Crippen molar-refractivity contribution in [3.05, 3.63) is 76.8 Å².